The van der Waals surface area contributed by atoms with Crippen LogP contribution in [-0.2, 0) is 31.4 Å². The Labute approximate surface area is 195 Å². The van der Waals surface area contributed by atoms with E-state index in [0.29, 0.717) is 31.0 Å². The predicted octanol–water partition coefficient (Wildman–Crippen LogP) is 1.85. The fraction of sp³-hybridized carbons (Fsp3) is 0.409. The van der Waals surface area contributed by atoms with Crippen LogP contribution in [0.2, 0.25) is 0 Å². The number of amides is 1. The van der Waals surface area contributed by atoms with Crippen LogP contribution in [0.15, 0.2) is 58.3 Å². The van der Waals surface area contributed by atoms with E-state index in [2.05, 4.69) is 10.0 Å². The highest BCUT2D eigenvalue weighted by molar-refractivity contribution is 7.89. The number of nitrogens with zero attached hydrogens (tertiary/aromatic N) is 1. The van der Waals surface area contributed by atoms with E-state index in [1.807, 2.05) is 6.92 Å². The fourth-order valence-corrected chi connectivity index (χ4v) is 6.16. The van der Waals surface area contributed by atoms with Crippen molar-refractivity contribution >= 4 is 26.0 Å². The second kappa shape index (κ2) is 10.6. The minimum Gasteiger partial charge on any atom is -0.494 e. The molecule has 0 spiro atoms. The lowest BCUT2D eigenvalue weighted by Crippen LogP contribution is -2.44. The van der Waals surface area contributed by atoms with Crippen LogP contribution in [0.25, 0.3) is 0 Å². The van der Waals surface area contributed by atoms with Gasteiger partial charge in [-0.15, -0.1) is 0 Å². The number of hydrogen-bond acceptors (Lipinski definition) is 6. The molecule has 2 N–H and O–H groups in total. The van der Waals surface area contributed by atoms with Crippen LogP contribution >= 0.6 is 0 Å². The zero-order valence-electron chi connectivity index (χ0n) is 18.7. The molecule has 11 heteroatoms. The van der Waals surface area contributed by atoms with E-state index in [0.717, 1.165) is 12.8 Å². The molecule has 0 aliphatic carbocycles. The van der Waals surface area contributed by atoms with E-state index in [1.165, 1.54) is 35.5 Å². The van der Waals surface area contributed by atoms with Crippen LogP contribution in [-0.4, -0.2) is 52.8 Å². The highest BCUT2D eigenvalue weighted by Gasteiger charge is 2.27. The van der Waals surface area contributed by atoms with Crippen molar-refractivity contribution in [2.45, 2.75) is 49.1 Å². The van der Waals surface area contributed by atoms with E-state index < -0.39 is 32.0 Å². The highest BCUT2D eigenvalue weighted by Crippen LogP contribution is 2.21. The van der Waals surface area contributed by atoms with Crippen molar-refractivity contribution in [3.05, 3.63) is 54.1 Å². The van der Waals surface area contributed by atoms with Gasteiger partial charge in [-0.2, -0.15) is 9.03 Å². The number of hydrogen-bond donors (Lipinski definition) is 2. The summed E-state index contributed by atoms with van der Waals surface area (Å²) in [6.45, 7) is 4.95. The molecule has 2 aromatic rings. The van der Waals surface area contributed by atoms with Gasteiger partial charge in [0.05, 0.1) is 22.4 Å². The third kappa shape index (κ3) is 6.32. The number of carbonyl (C=O) groups excluding carboxylic acids is 1. The van der Waals surface area contributed by atoms with Gasteiger partial charge in [0.25, 0.3) is 0 Å². The van der Waals surface area contributed by atoms with Gasteiger partial charge >= 0.3 is 0 Å². The van der Waals surface area contributed by atoms with Crippen molar-refractivity contribution in [2.75, 3.05) is 19.7 Å². The summed E-state index contributed by atoms with van der Waals surface area (Å²) < 4.78 is 59.4. The Morgan fingerprint density at radius 1 is 0.970 bits per heavy atom. The summed E-state index contributed by atoms with van der Waals surface area (Å²) in [4.78, 5) is 12.7. The van der Waals surface area contributed by atoms with Crippen LogP contribution in [0.4, 0.5) is 0 Å². The number of nitrogens with one attached hydrogen (secondary N) is 2. The molecular formula is C22H29N3O6S2. The molecule has 0 aromatic heterocycles. The van der Waals surface area contributed by atoms with Crippen molar-refractivity contribution in [1.29, 1.82) is 0 Å². The van der Waals surface area contributed by atoms with Gasteiger partial charge in [0.1, 0.15) is 5.75 Å². The molecule has 1 saturated heterocycles. The Hall–Kier alpha value is -2.47. The van der Waals surface area contributed by atoms with Crippen LogP contribution in [0.1, 0.15) is 32.3 Å². The first-order valence-electron chi connectivity index (χ1n) is 10.8. The second-order valence-corrected chi connectivity index (χ2v) is 11.4. The zero-order valence-corrected chi connectivity index (χ0v) is 20.3. The van der Waals surface area contributed by atoms with E-state index in [4.69, 9.17) is 4.74 Å². The summed E-state index contributed by atoms with van der Waals surface area (Å²) in [5, 5.41) is 2.67. The molecule has 9 nitrogen and oxygen atoms in total. The molecule has 0 saturated carbocycles. The van der Waals surface area contributed by atoms with E-state index >= 15 is 0 Å². The number of rotatable bonds is 10. The molecule has 1 heterocycles. The van der Waals surface area contributed by atoms with Gasteiger partial charge in [-0.1, -0.05) is 12.1 Å². The Morgan fingerprint density at radius 3 is 2.12 bits per heavy atom. The largest absolute Gasteiger partial charge is 0.494 e. The monoisotopic (exact) mass is 495 g/mol. The lowest BCUT2D eigenvalue weighted by atomic mass is 10.2. The van der Waals surface area contributed by atoms with Gasteiger partial charge in [-0.05, 0) is 68.7 Å². The molecule has 33 heavy (non-hydrogen) atoms. The van der Waals surface area contributed by atoms with Gasteiger partial charge < -0.3 is 10.1 Å². The average molecular weight is 496 g/mol. The predicted molar refractivity (Wildman–Crippen MR) is 124 cm³/mol. The average Bonchev–Trinajstić information content (AvgIpc) is 3.34. The standard InChI is InChI=1S/C22H29N3O6S2/c1-3-31-19-8-12-20(13-9-19)32(27,28)24-17(2)22(26)23-16-18-6-10-21(11-7-18)33(29,30)25-14-4-5-15-25/h6-13,17,24H,3-5,14-16H2,1-2H3,(H,23,26)/t17-/m0/s1. The number of ether oxygens (including phenoxy) is 1. The van der Waals surface area contributed by atoms with Crippen molar-refractivity contribution in [3.8, 4) is 5.75 Å². The Balaban J connectivity index is 1.55. The Morgan fingerprint density at radius 2 is 1.55 bits per heavy atom. The Bertz CT molecular complexity index is 1160. The molecular weight excluding hydrogens is 466 g/mol. The lowest BCUT2D eigenvalue weighted by Gasteiger charge is -2.16. The maximum atomic E-state index is 12.6. The SMILES string of the molecule is CCOc1ccc(S(=O)(=O)N[C@@H](C)C(=O)NCc2ccc(S(=O)(=O)N3CCCC3)cc2)cc1. The summed E-state index contributed by atoms with van der Waals surface area (Å²) in [5.41, 5.74) is 0.699. The summed E-state index contributed by atoms with van der Waals surface area (Å²) in [6.07, 6.45) is 1.73. The fourth-order valence-electron chi connectivity index (χ4n) is 3.44. The van der Waals surface area contributed by atoms with Gasteiger partial charge in [0.15, 0.2) is 0 Å². The molecule has 1 fully saturated rings. The summed E-state index contributed by atoms with van der Waals surface area (Å²) in [7, 11) is -7.38. The first kappa shape index (κ1) is 25.2. The zero-order chi connectivity index (χ0) is 24.1. The van der Waals surface area contributed by atoms with Crippen molar-refractivity contribution < 1.29 is 26.4 Å². The van der Waals surface area contributed by atoms with Crippen LogP contribution in [0.5, 0.6) is 5.75 Å². The minimum atomic E-state index is -3.89. The van der Waals surface area contributed by atoms with E-state index in [-0.39, 0.29) is 16.3 Å². The van der Waals surface area contributed by atoms with E-state index in [1.54, 1.807) is 24.3 Å². The summed E-state index contributed by atoms with van der Waals surface area (Å²) in [5.74, 6) is 0.0553. The van der Waals surface area contributed by atoms with Crippen LogP contribution in [0, 0.1) is 0 Å². The number of sulfonamides is 2. The highest BCUT2D eigenvalue weighted by atomic mass is 32.2. The molecule has 1 atom stereocenters. The van der Waals surface area contributed by atoms with Gasteiger partial charge in [-0.3, -0.25) is 4.79 Å². The third-order valence-corrected chi connectivity index (χ3v) is 8.73. The molecule has 180 valence electrons. The third-order valence-electron chi connectivity index (χ3n) is 5.26. The topological polar surface area (TPSA) is 122 Å². The molecule has 0 radical (unpaired) electrons. The number of carbonyl (C=O) groups is 1. The van der Waals surface area contributed by atoms with Gasteiger partial charge in [0.2, 0.25) is 26.0 Å². The van der Waals surface area contributed by atoms with Crippen molar-refractivity contribution in [2.24, 2.45) is 0 Å². The van der Waals surface area contributed by atoms with Crippen LogP contribution < -0.4 is 14.8 Å². The lowest BCUT2D eigenvalue weighted by molar-refractivity contribution is -0.122. The van der Waals surface area contributed by atoms with Crippen molar-refractivity contribution in [3.63, 3.8) is 0 Å². The normalized spacial score (nSPS) is 15.8. The first-order valence-corrected chi connectivity index (χ1v) is 13.7. The molecule has 3 rings (SSSR count). The quantitative estimate of drug-likeness (QED) is 0.519. The molecule has 0 bridgehead atoms. The molecule has 1 aliphatic rings. The smallest absolute Gasteiger partial charge is 0.243 e. The summed E-state index contributed by atoms with van der Waals surface area (Å²) in [6, 6.07) is 11.2. The van der Waals surface area contributed by atoms with Crippen LogP contribution in [0.3, 0.4) is 0 Å². The minimum absolute atomic E-state index is 0.0282. The van der Waals surface area contributed by atoms with Crippen molar-refractivity contribution in [1.82, 2.24) is 14.3 Å². The van der Waals surface area contributed by atoms with Gasteiger partial charge in [-0.25, -0.2) is 16.8 Å². The second-order valence-electron chi connectivity index (χ2n) is 7.72. The molecule has 1 amide bonds. The first-order chi connectivity index (χ1) is 15.6. The summed E-state index contributed by atoms with van der Waals surface area (Å²) >= 11 is 0. The van der Waals surface area contributed by atoms with E-state index in [9.17, 15) is 21.6 Å². The molecule has 0 unspecified atom stereocenters. The molecule has 1 aliphatic heterocycles. The molecule has 2 aromatic carbocycles. The Kier molecular flexibility index (Phi) is 8.11. The maximum absolute atomic E-state index is 12.6. The van der Waals surface area contributed by atoms with Gasteiger partial charge in [0, 0.05) is 19.6 Å². The number of benzene rings is 2. The maximum Gasteiger partial charge on any atom is 0.243 e.